The zero-order valence-corrected chi connectivity index (χ0v) is 18.1. The predicted molar refractivity (Wildman–Crippen MR) is 105 cm³/mol. The normalized spacial score (nSPS) is 27.8. The number of rotatable bonds is 9. The number of hydrogen-bond acceptors (Lipinski definition) is 13. The minimum Gasteiger partial charge on any atom is -0.431 e. The monoisotopic (exact) mass is 479 g/mol. The maximum absolute atomic E-state index is 12.4. The van der Waals surface area contributed by atoms with Crippen LogP contribution in [0.4, 0.5) is 10.6 Å². The summed E-state index contributed by atoms with van der Waals surface area (Å²) in [5.74, 6) is -0.113. The Morgan fingerprint density at radius 3 is 2.69 bits per heavy atom. The molecule has 3 rings (SSSR count). The fourth-order valence-corrected chi connectivity index (χ4v) is 4.09. The molecule has 1 saturated heterocycles. The second-order valence-corrected chi connectivity index (χ2v) is 9.45. The minimum absolute atomic E-state index is 0.113. The quantitative estimate of drug-likeness (QED) is 0.167. The van der Waals surface area contributed by atoms with Gasteiger partial charge >= 0.3 is 19.4 Å². The number of ether oxygens (including phenoxy) is 3. The van der Waals surface area contributed by atoms with Crippen molar-refractivity contribution in [3.8, 4) is 0 Å². The second kappa shape index (κ2) is 10.7. The van der Waals surface area contributed by atoms with Gasteiger partial charge in [-0.15, -0.1) is 0 Å². The number of nitrogens with zero attached hydrogens (tertiary/aromatic N) is 2. The smallest absolute Gasteiger partial charge is 0.431 e. The van der Waals surface area contributed by atoms with Crippen LogP contribution in [-0.2, 0) is 27.8 Å². The van der Waals surface area contributed by atoms with Gasteiger partial charge in [-0.2, -0.15) is 4.98 Å². The first-order valence-electron chi connectivity index (χ1n) is 9.91. The summed E-state index contributed by atoms with van der Waals surface area (Å²) in [5, 5.41) is 29.2. The van der Waals surface area contributed by atoms with E-state index in [1.54, 1.807) is 5.48 Å². The highest BCUT2D eigenvalue weighted by Gasteiger charge is 2.45. The molecule has 14 nitrogen and oxygen atoms in total. The van der Waals surface area contributed by atoms with Crippen LogP contribution in [0.15, 0.2) is 17.1 Å². The standard InChI is InChI=1S/C17H26N3O11P/c1-32(26,29-9-27-17(24)30-10-4-2-3-5-10)28-8-11-13(21)14(22)15(31-11)20-7-6-12(19-25)18-16(20)23/h6-7,10-11,13-15,21-22,25H,2-5,8-9H2,1H3,(H,18,19,23)/t11?,13-,14-,15?,32?/m1/s1. The molecule has 0 radical (unpaired) electrons. The lowest BCUT2D eigenvalue weighted by atomic mass is 10.1. The van der Waals surface area contributed by atoms with Crippen molar-refractivity contribution in [1.29, 1.82) is 0 Å². The van der Waals surface area contributed by atoms with Gasteiger partial charge < -0.3 is 28.9 Å². The fraction of sp³-hybridized carbons (Fsp3) is 0.706. The number of aliphatic hydroxyl groups excluding tert-OH is 2. The van der Waals surface area contributed by atoms with Gasteiger partial charge in [0.1, 0.15) is 24.4 Å². The van der Waals surface area contributed by atoms with E-state index in [4.69, 9.17) is 28.5 Å². The molecule has 15 heteroatoms. The summed E-state index contributed by atoms with van der Waals surface area (Å²) in [7, 11) is -3.72. The molecule has 0 spiro atoms. The Balaban J connectivity index is 1.47. The van der Waals surface area contributed by atoms with Crippen LogP contribution >= 0.6 is 7.60 Å². The molecule has 1 saturated carbocycles. The van der Waals surface area contributed by atoms with E-state index in [9.17, 15) is 24.4 Å². The third kappa shape index (κ3) is 6.25. The van der Waals surface area contributed by atoms with E-state index in [1.807, 2.05) is 0 Å². The van der Waals surface area contributed by atoms with Crippen LogP contribution in [0, 0.1) is 0 Å². The van der Waals surface area contributed by atoms with Crippen molar-refractivity contribution in [1.82, 2.24) is 9.55 Å². The fourth-order valence-electron chi connectivity index (χ4n) is 3.36. The van der Waals surface area contributed by atoms with Crippen molar-refractivity contribution in [3.05, 3.63) is 22.7 Å². The molecule has 0 bridgehead atoms. The molecular weight excluding hydrogens is 453 g/mol. The highest BCUT2D eigenvalue weighted by molar-refractivity contribution is 7.52. The molecule has 2 heterocycles. The molecule has 1 aliphatic heterocycles. The molecule has 1 aliphatic carbocycles. The summed E-state index contributed by atoms with van der Waals surface area (Å²) < 4.78 is 38.7. The average Bonchev–Trinajstić information content (AvgIpc) is 3.35. The van der Waals surface area contributed by atoms with Gasteiger partial charge in [0.05, 0.1) is 6.61 Å². The zero-order chi connectivity index (χ0) is 23.3. The number of carbonyl (C=O) groups is 1. The van der Waals surface area contributed by atoms with Crippen LogP contribution in [-0.4, -0.2) is 75.6 Å². The third-order valence-corrected chi connectivity index (χ3v) is 6.25. The SMILES string of the molecule is CP(=O)(OCOC(=O)OC1CCCC1)OCC1OC(n2ccc(NO)nc2=O)[C@H](O)[C@@H]1O. The average molecular weight is 479 g/mol. The Morgan fingerprint density at radius 2 is 2.03 bits per heavy atom. The Labute approximate surface area is 182 Å². The maximum Gasteiger partial charge on any atom is 0.510 e. The van der Waals surface area contributed by atoms with Gasteiger partial charge in [-0.1, -0.05) is 0 Å². The van der Waals surface area contributed by atoms with Gasteiger partial charge in [0.15, 0.2) is 12.0 Å². The van der Waals surface area contributed by atoms with E-state index in [-0.39, 0.29) is 11.9 Å². The van der Waals surface area contributed by atoms with Gasteiger partial charge in [0.25, 0.3) is 0 Å². The van der Waals surface area contributed by atoms with E-state index < -0.39 is 57.4 Å². The molecule has 4 N–H and O–H groups in total. The number of aromatic nitrogens is 2. The van der Waals surface area contributed by atoms with Crippen molar-refractivity contribution in [2.45, 2.75) is 56.3 Å². The minimum atomic E-state index is -3.72. The van der Waals surface area contributed by atoms with Crippen molar-refractivity contribution in [3.63, 3.8) is 0 Å². The first-order chi connectivity index (χ1) is 15.2. The molecule has 180 valence electrons. The number of hydrogen-bond donors (Lipinski definition) is 4. The molecular formula is C17H26N3O11P. The molecule has 0 amide bonds. The van der Waals surface area contributed by atoms with Crippen LogP contribution in [0.3, 0.4) is 0 Å². The summed E-state index contributed by atoms with van der Waals surface area (Å²) in [6.45, 7) is 0.0153. The van der Waals surface area contributed by atoms with E-state index in [1.165, 1.54) is 12.3 Å². The lowest BCUT2D eigenvalue weighted by molar-refractivity contribution is -0.0557. The lowest BCUT2D eigenvalue weighted by Gasteiger charge is -2.19. The van der Waals surface area contributed by atoms with E-state index in [2.05, 4.69) is 4.98 Å². The van der Waals surface area contributed by atoms with Crippen molar-refractivity contribution in [2.24, 2.45) is 0 Å². The highest BCUT2D eigenvalue weighted by Crippen LogP contribution is 2.44. The molecule has 3 unspecified atom stereocenters. The number of carbonyl (C=O) groups excluding carboxylic acids is 1. The van der Waals surface area contributed by atoms with Gasteiger partial charge in [0, 0.05) is 12.9 Å². The summed E-state index contributed by atoms with van der Waals surface area (Å²) in [5.41, 5.74) is 0.858. The molecule has 1 aromatic heterocycles. The van der Waals surface area contributed by atoms with Gasteiger partial charge in [-0.05, 0) is 31.7 Å². The van der Waals surface area contributed by atoms with Crippen molar-refractivity contribution < 1.29 is 48.0 Å². The topological polar surface area (TPSA) is 188 Å². The van der Waals surface area contributed by atoms with Crippen LogP contribution in [0.2, 0.25) is 0 Å². The summed E-state index contributed by atoms with van der Waals surface area (Å²) in [6.07, 6.45) is -1.85. The first kappa shape index (κ1) is 24.6. The van der Waals surface area contributed by atoms with Crippen LogP contribution in [0.5, 0.6) is 0 Å². The van der Waals surface area contributed by atoms with Gasteiger partial charge in [-0.3, -0.25) is 24.3 Å². The molecule has 0 aromatic carbocycles. The van der Waals surface area contributed by atoms with E-state index >= 15 is 0 Å². The second-order valence-electron chi connectivity index (χ2n) is 7.39. The van der Waals surface area contributed by atoms with Gasteiger partial charge in [0.2, 0.25) is 6.79 Å². The third-order valence-electron chi connectivity index (χ3n) is 5.06. The Hall–Kier alpha value is -2.06. The number of aliphatic hydroxyl groups is 2. The molecule has 32 heavy (non-hydrogen) atoms. The maximum atomic E-state index is 12.4. The number of anilines is 1. The molecule has 2 aliphatic rings. The Morgan fingerprint density at radius 1 is 1.31 bits per heavy atom. The summed E-state index contributed by atoms with van der Waals surface area (Å²) in [4.78, 5) is 27.1. The summed E-state index contributed by atoms with van der Waals surface area (Å²) in [6, 6.07) is 1.25. The van der Waals surface area contributed by atoms with E-state index in [0.717, 1.165) is 36.9 Å². The Kier molecular flexibility index (Phi) is 8.22. The van der Waals surface area contributed by atoms with Crippen LogP contribution in [0.1, 0.15) is 31.9 Å². The Bertz CT molecular complexity index is 891. The number of nitrogens with one attached hydrogen (secondary N) is 1. The molecule has 2 fully saturated rings. The largest absolute Gasteiger partial charge is 0.510 e. The van der Waals surface area contributed by atoms with Crippen molar-refractivity contribution in [2.75, 3.05) is 25.5 Å². The molecule has 1 aromatic rings. The molecule has 5 atom stereocenters. The zero-order valence-electron chi connectivity index (χ0n) is 17.2. The van der Waals surface area contributed by atoms with Gasteiger partial charge in [-0.25, -0.2) is 9.59 Å². The summed E-state index contributed by atoms with van der Waals surface area (Å²) >= 11 is 0. The lowest BCUT2D eigenvalue weighted by Crippen LogP contribution is -2.36. The first-order valence-corrected chi connectivity index (χ1v) is 11.9. The highest BCUT2D eigenvalue weighted by atomic mass is 31.2. The van der Waals surface area contributed by atoms with Crippen LogP contribution in [0.25, 0.3) is 0 Å². The predicted octanol–water partition coefficient (Wildman–Crippen LogP) is 0.573. The van der Waals surface area contributed by atoms with Crippen LogP contribution < -0.4 is 11.2 Å². The van der Waals surface area contributed by atoms with Crippen molar-refractivity contribution >= 4 is 19.6 Å². The van der Waals surface area contributed by atoms with E-state index in [0.29, 0.717) is 0 Å².